The lowest BCUT2D eigenvalue weighted by atomic mass is 10.4. The van der Waals surface area contributed by atoms with Gasteiger partial charge in [0.2, 0.25) is 5.88 Å². The summed E-state index contributed by atoms with van der Waals surface area (Å²) in [4.78, 5) is 8.74. The summed E-state index contributed by atoms with van der Waals surface area (Å²) in [7, 11) is 0. The first-order chi connectivity index (χ1) is 10.3. The molecular weight excluding hydrogens is 270 g/mol. The molecule has 0 aromatic carbocycles. The molecule has 0 aliphatic rings. The quantitative estimate of drug-likeness (QED) is 0.766. The molecule has 0 saturated heterocycles. The maximum Gasteiger partial charge on any atom is 0.219 e. The van der Waals surface area contributed by atoms with E-state index in [1.807, 2.05) is 19.1 Å². The van der Waals surface area contributed by atoms with Gasteiger partial charge in [0.05, 0.1) is 6.26 Å². The maximum atomic E-state index is 5.65. The van der Waals surface area contributed by atoms with Crippen LogP contribution in [0.15, 0.2) is 28.9 Å². The van der Waals surface area contributed by atoms with Gasteiger partial charge < -0.3 is 19.2 Å². The average Bonchev–Trinajstić information content (AvgIpc) is 3.02. The van der Waals surface area contributed by atoms with Gasteiger partial charge in [0, 0.05) is 19.2 Å². The van der Waals surface area contributed by atoms with Crippen molar-refractivity contribution in [3.8, 4) is 5.88 Å². The third kappa shape index (κ3) is 5.07. The molecule has 0 aliphatic carbocycles. The fourth-order valence-electron chi connectivity index (χ4n) is 1.69. The van der Waals surface area contributed by atoms with Crippen LogP contribution in [0.4, 0.5) is 5.82 Å². The first-order valence-corrected chi connectivity index (χ1v) is 7.16. The smallest absolute Gasteiger partial charge is 0.219 e. The van der Waals surface area contributed by atoms with Crippen molar-refractivity contribution in [1.29, 1.82) is 0 Å². The molecule has 0 atom stereocenters. The van der Waals surface area contributed by atoms with Gasteiger partial charge in [0.15, 0.2) is 5.82 Å². The number of rotatable bonds is 9. The van der Waals surface area contributed by atoms with E-state index in [1.165, 1.54) is 0 Å². The Labute approximate surface area is 124 Å². The summed E-state index contributed by atoms with van der Waals surface area (Å²) in [5.41, 5.74) is 0. The van der Waals surface area contributed by atoms with Crippen LogP contribution in [-0.4, -0.2) is 23.1 Å². The zero-order valence-electron chi connectivity index (χ0n) is 12.5. The van der Waals surface area contributed by atoms with Crippen molar-refractivity contribution in [2.24, 2.45) is 0 Å². The Morgan fingerprint density at radius 1 is 1.24 bits per heavy atom. The molecule has 2 aromatic rings. The molecule has 0 spiro atoms. The number of anilines is 1. The van der Waals surface area contributed by atoms with Crippen molar-refractivity contribution in [3.05, 3.63) is 36.0 Å². The maximum absolute atomic E-state index is 5.65. The van der Waals surface area contributed by atoms with E-state index in [-0.39, 0.29) is 0 Å². The molecule has 2 rings (SSSR count). The highest BCUT2D eigenvalue weighted by Crippen LogP contribution is 2.16. The van der Waals surface area contributed by atoms with E-state index in [9.17, 15) is 0 Å². The highest BCUT2D eigenvalue weighted by molar-refractivity contribution is 5.38. The number of ether oxygens (including phenoxy) is 2. The molecule has 0 bridgehead atoms. The summed E-state index contributed by atoms with van der Waals surface area (Å²) in [6, 6.07) is 5.47. The number of nitrogens with zero attached hydrogens (tertiary/aromatic N) is 2. The third-order valence-electron chi connectivity index (χ3n) is 2.68. The van der Waals surface area contributed by atoms with Gasteiger partial charge in [-0.25, -0.2) is 4.98 Å². The van der Waals surface area contributed by atoms with Gasteiger partial charge in [-0.15, -0.1) is 0 Å². The van der Waals surface area contributed by atoms with E-state index in [4.69, 9.17) is 13.9 Å². The van der Waals surface area contributed by atoms with Crippen LogP contribution in [0.2, 0.25) is 0 Å². The predicted molar refractivity (Wildman–Crippen MR) is 79.2 cm³/mol. The van der Waals surface area contributed by atoms with E-state index >= 15 is 0 Å². The van der Waals surface area contributed by atoms with Crippen LogP contribution in [0.5, 0.6) is 5.88 Å². The standard InChI is InChI=1S/C15H21N3O3/c1-3-7-16-13-9-15(18-14(17-13)11-19-4-2)21-10-12-6-5-8-20-12/h5-6,8-9H,3-4,7,10-11H2,1-2H3,(H,16,17,18). The van der Waals surface area contributed by atoms with Crippen LogP contribution in [0.3, 0.4) is 0 Å². The molecule has 0 aliphatic heterocycles. The highest BCUT2D eigenvalue weighted by Gasteiger charge is 2.07. The van der Waals surface area contributed by atoms with E-state index in [0.717, 1.165) is 24.5 Å². The Morgan fingerprint density at radius 2 is 2.14 bits per heavy atom. The molecule has 0 radical (unpaired) electrons. The lowest BCUT2D eigenvalue weighted by molar-refractivity contribution is 0.127. The molecule has 6 heteroatoms. The van der Waals surface area contributed by atoms with Gasteiger partial charge in [-0.05, 0) is 25.5 Å². The van der Waals surface area contributed by atoms with Gasteiger partial charge in [-0.3, -0.25) is 0 Å². The Hall–Kier alpha value is -2.08. The minimum absolute atomic E-state index is 0.339. The second kappa shape index (κ2) is 8.26. The zero-order valence-corrected chi connectivity index (χ0v) is 12.5. The second-order valence-electron chi connectivity index (χ2n) is 4.44. The SMILES string of the molecule is CCCNc1cc(OCc2ccco2)nc(COCC)n1. The summed E-state index contributed by atoms with van der Waals surface area (Å²) in [6.45, 7) is 6.22. The van der Waals surface area contributed by atoms with Gasteiger partial charge in [0.25, 0.3) is 0 Å². The Kier molecular flexibility index (Phi) is 6.02. The van der Waals surface area contributed by atoms with Crippen LogP contribution in [-0.2, 0) is 18.0 Å². The first kappa shape index (κ1) is 15.3. The lowest BCUT2D eigenvalue weighted by Gasteiger charge is -2.10. The molecule has 21 heavy (non-hydrogen) atoms. The van der Waals surface area contributed by atoms with E-state index in [1.54, 1.807) is 12.3 Å². The molecule has 0 unspecified atom stereocenters. The topological polar surface area (TPSA) is 69.4 Å². The van der Waals surface area contributed by atoms with E-state index in [0.29, 0.717) is 31.5 Å². The molecule has 6 nitrogen and oxygen atoms in total. The van der Waals surface area contributed by atoms with E-state index < -0.39 is 0 Å². The summed E-state index contributed by atoms with van der Waals surface area (Å²) >= 11 is 0. The highest BCUT2D eigenvalue weighted by atomic mass is 16.5. The largest absolute Gasteiger partial charge is 0.469 e. The number of aromatic nitrogens is 2. The summed E-state index contributed by atoms with van der Waals surface area (Å²) in [5.74, 6) is 2.61. The summed E-state index contributed by atoms with van der Waals surface area (Å²) in [5, 5.41) is 3.23. The molecule has 2 heterocycles. The predicted octanol–water partition coefficient (Wildman–Crippen LogP) is 3.01. The van der Waals surface area contributed by atoms with Crippen LogP contribution >= 0.6 is 0 Å². The Balaban J connectivity index is 2.05. The molecular formula is C15H21N3O3. The molecule has 0 fully saturated rings. The molecule has 1 N–H and O–H groups in total. The fraction of sp³-hybridized carbons (Fsp3) is 0.467. The van der Waals surface area contributed by atoms with Crippen LogP contribution < -0.4 is 10.1 Å². The number of hydrogen-bond donors (Lipinski definition) is 1. The van der Waals surface area contributed by atoms with Crippen molar-refractivity contribution in [2.75, 3.05) is 18.5 Å². The van der Waals surface area contributed by atoms with Crippen molar-refractivity contribution in [2.45, 2.75) is 33.5 Å². The van der Waals surface area contributed by atoms with Gasteiger partial charge in [-0.2, -0.15) is 4.98 Å². The minimum Gasteiger partial charge on any atom is -0.469 e. The average molecular weight is 291 g/mol. The number of furan rings is 1. The van der Waals surface area contributed by atoms with Gasteiger partial charge in [-0.1, -0.05) is 6.92 Å². The molecule has 114 valence electrons. The van der Waals surface area contributed by atoms with Crippen molar-refractivity contribution < 1.29 is 13.9 Å². The lowest BCUT2D eigenvalue weighted by Crippen LogP contribution is -2.08. The fourth-order valence-corrected chi connectivity index (χ4v) is 1.69. The minimum atomic E-state index is 0.339. The van der Waals surface area contributed by atoms with Crippen LogP contribution in [0.1, 0.15) is 31.9 Å². The third-order valence-corrected chi connectivity index (χ3v) is 2.68. The summed E-state index contributed by atoms with van der Waals surface area (Å²) in [6.07, 6.45) is 2.64. The van der Waals surface area contributed by atoms with Gasteiger partial charge >= 0.3 is 0 Å². The number of hydrogen-bond acceptors (Lipinski definition) is 6. The van der Waals surface area contributed by atoms with Crippen molar-refractivity contribution >= 4 is 5.82 Å². The van der Waals surface area contributed by atoms with E-state index in [2.05, 4.69) is 22.2 Å². The second-order valence-corrected chi connectivity index (χ2v) is 4.44. The monoisotopic (exact) mass is 291 g/mol. The molecule has 0 saturated carbocycles. The first-order valence-electron chi connectivity index (χ1n) is 7.16. The van der Waals surface area contributed by atoms with Crippen LogP contribution in [0.25, 0.3) is 0 Å². The van der Waals surface area contributed by atoms with Crippen LogP contribution in [0, 0.1) is 0 Å². The zero-order chi connectivity index (χ0) is 14.9. The molecule has 2 aromatic heterocycles. The number of nitrogens with one attached hydrogen (secondary N) is 1. The van der Waals surface area contributed by atoms with Crippen molar-refractivity contribution in [3.63, 3.8) is 0 Å². The summed E-state index contributed by atoms with van der Waals surface area (Å²) < 4.78 is 16.2. The molecule has 0 amide bonds. The Morgan fingerprint density at radius 3 is 2.86 bits per heavy atom. The van der Waals surface area contributed by atoms with Crippen molar-refractivity contribution in [1.82, 2.24) is 9.97 Å². The normalized spacial score (nSPS) is 10.6. The van der Waals surface area contributed by atoms with Gasteiger partial charge in [0.1, 0.15) is 24.8 Å². The Bertz CT molecular complexity index is 503.